The molecular weight excluding hydrogens is 256 g/mol. The molecule has 0 saturated heterocycles. The van der Waals surface area contributed by atoms with Crippen LogP contribution in [-0.2, 0) is 0 Å². The van der Waals surface area contributed by atoms with Crippen molar-refractivity contribution in [1.29, 1.82) is 0 Å². The topological polar surface area (TPSA) is 71.3 Å². The molecule has 0 saturated carbocycles. The van der Waals surface area contributed by atoms with Crippen LogP contribution < -0.4 is 10.2 Å². The molecule has 6 nitrogen and oxygen atoms in total. The number of hydrogen-bond acceptors (Lipinski definition) is 5. The molecule has 1 aromatic rings. The van der Waals surface area contributed by atoms with Gasteiger partial charge in [0.2, 0.25) is 5.82 Å². The van der Waals surface area contributed by atoms with Crippen LogP contribution in [0.15, 0.2) is 12.1 Å². The molecule has 0 spiro atoms. The van der Waals surface area contributed by atoms with Crippen LogP contribution in [0, 0.1) is 10.1 Å². The Morgan fingerprint density at radius 1 is 1.35 bits per heavy atom. The zero-order chi connectivity index (χ0) is 15.1. The Morgan fingerprint density at radius 3 is 2.55 bits per heavy atom. The minimum atomic E-state index is -0.364. The lowest BCUT2D eigenvalue weighted by molar-refractivity contribution is -0.384. The highest BCUT2D eigenvalue weighted by molar-refractivity contribution is 5.62. The van der Waals surface area contributed by atoms with Crippen LogP contribution in [0.4, 0.5) is 17.3 Å². The lowest BCUT2D eigenvalue weighted by atomic mass is 10.2. The van der Waals surface area contributed by atoms with E-state index in [9.17, 15) is 10.1 Å². The van der Waals surface area contributed by atoms with Crippen molar-refractivity contribution in [3.8, 4) is 0 Å². The van der Waals surface area contributed by atoms with Crippen LogP contribution in [0.3, 0.4) is 0 Å². The second kappa shape index (κ2) is 7.67. The summed E-state index contributed by atoms with van der Waals surface area (Å²) in [4.78, 5) is 17.3. The molecule has 0 aromatic carbocycles. The van der Waals surface area contributed by atoms with Crippen molar-refractivity contribution in [2.75, 3.05) is 23.3 Å². The van der Waals surface area contributed by atoms with E-state index in [4.69, 9.17) is 0 Å². The Labute approximate surface area is 120 Å². The van der Waals surface area contributed by atoms with Gasteiger partial charge in [-0.05, 0) is 32.8 Å². The van der Waals surface area contributed by atoms with Gasteiger partial charge in [-0.3, -0.25) is 10.1 Å². The number of rotatable bonds is 8. The van der Waals surface area contributed by atoms with Gasteiger partial charge < -0.3 is 10.2 Å². The van der Waals surface area contributed by atoms with Gasteiger partial charge in [0.1, 0.15) is 5.82 Å². The number of nitrogens with zero attached hydrogens (tertiary/aromatic N) is 3. The summed E-state index contributed by atoms with van der Waals surface area (Å²) < 4.78 is 0. The lowest BCUT2D eigenvalue weighted by Gasteiger charge is -2.27. The maximum atomic E-state index is 11.2. The van der Waals surface area contributed by atoms with Crippen molar-refractivity contribution in [3.05, 3.63) is 22.2 Å². The smallest absolute Gasteiger partial charge is 0.311 e. The Bertz CT molecular complexity index is 449. The second-order valence-electron chi connectivity index (χ2n) is 5.01. The molecule has 1 N–H and O–H groups in total. The normalized spacial score (nSPS) is 10.7. The summed E-state index contributed by atoms with van der Waals surface area (Å²) in [5, 5.41) is 14.4. The lowest BCUT2D eigenvalue weighted by Crippen LogP contribution is -2.33. The fourth-order valence-corrected chi connectivity index (χ4v) is 2.00. The van der Waals surface area contributed by atoms with Crippen molar-refractivity contribution in [2.24, 2.45) is 0 Å². The number of nitrogens with one attached hydrogen (secondary N) is 1. The van der Waals surface area contributed by atoms with Gasteiger partial charge in [0.15, 0.2) is 0 Å². The first-order chi connectivity index (χ1) is 9.51. The zero-order valence-corrected chi connectivity index (χ0v) is 12.7. The largest absolute Gasteiger partial charge is 0.370 e. The highest BCUT2D eigenvalue weighted by atomic mass is 16.6. The van der Waals surface area contributed by atoms with E-state index in [1.807, 2.05) is 18.7 Å². The summed E-state index contributed by atoms with van der Waals surface area (Å²) in [6.45, 7) is 9.72. The molecule has 1 rings (SSSR count). The highest BCUT2D eigenvalue weighted by Gasteiger charge is 2.23. The maximum Gasteiger partial charge on any atom is 0.311 e. The number of anilines is 2. The molecule has 0 unspecified atom stereocenters. The van der Waals surface area contributed by atoms with E-state index >= 15 is 0 Å². The predicted octanol–water partition coefficient (Wildman–Crippen LogP) is 3.44. The summed E-state index contributed by atoms with van der Waals surface area (Å²) >= 11 is 0. The molecule has 0 atom stereocenters. The summed E-state index contributed by atoms with van der Waals surface area (Å²) in [5.74, 6) is 1.14. The molecule has 0 radical (unpaired) electrons. The van der Waals surface area contributed by atoms with Crippen LogP contribution >= 0.6 is 0 Å². The molecule has 0 aliphatic rings. The van der Waals surface area contributed by atoms with Crippen LogP contribution in [0.1, 0.15) is 40.5 Å². The van der Waals surface area contributed by atoms with Gasteiger partial charge in [0.25, 0.3) is 0 Å². The third-order valence-electron chi connectivity index (χ3n) is 2.97. The zero-order valence-electron chi connectivity index (χ0n) is 12.7. The third kappa shape index (κ3) is 4.08. The van der Waals surface area contributed by atoms with Gasteiger partial charge in [-0.1, -0.05) is 13.8 Å². The Kier molecular flexibility index (Phi) is 6.21. The summed E-state index contributed by atoms with van der Waals surface area (Å²) in [7, 11) is 0. The first-order valence-electron chi connectivity index (χ1n) is 7.17. The van der Waals surface area contributed by atoms with E-state index in [2.05, 4.69) is 24.1 Å². The van der Waals surface area contributed by atoms with E-state index in [1.54, 1.807) is 6.07 Å². The molecule has 1 heterocycles. The van der Waals surface area contributed by atoms with Gasteiger partial charge >= 0.3 is 5.69 Å². The van der Waals surface area contributed by atoms with Crippen molar-refractivity contribution in [1.82, 2.24) is 4.98 Å². The maximum absolute atomic E-state index is 11.2. The van der Waals surface area contributed by atoms with Crippen molar-refractivity contribution in [2.45, 2.75) is 46.6 Å². The Morgan fingerprint density at radius 2 is 2.05 bits per heavy atom. The SMILES string of the molecule is CCCNc1ccc([N+](=O)[O-])c(N(CCC)C(C)C)n1. The van der Waals surface area contributed by atoms with Gasteiger partial charge in [0, 0.05) is 25.2 Å². The molecular formula is C14H24N4O2. The van der Waals surface area contributed by atoms with E-state index < -0.39 is 0 Å². The van der Waals surface area contributed by atoms with Gasteiger partial charge in [-0.15, -0.1) is 0 Å². The van der Waals surface area contributed by atoms with Crippen molar-refractivity contribution < 1.29 is 4.92 Å². The summed E-state index contributed by atoms with van der Waals surface area (Å²) in [6.07, 6.45) is 1.90. The van der Waals surface area contributed by atoms with Crippen LogP contribution in [-0.4, -0.2) is 29.0 Å². The minimum Gasteiger partial charge on any atom is -0.370 e. The summed E-state index contributed by atoms with van der Waals surface area (Å²) in [5.41, 5.74) is 0.0641. The van der Waals surface area contributed by atoms with Crippen LogP contribution in [0.5, 0.6) is 0 Å². The van der Waals surface area contributed by atoms with E-state index in [-0.39, 0.29) is 16.7 Å². The molecule has 6 heteroatoms. The summed E-state index contributed by atoms with van der Waals surface area (Å²) in [6, 6.07) is 3.37. The molecule has 20 heavy (non-hydrogen) atoms. The van der Waals surface area contributed by atoms with E-state index in [1.165, 1.54) is 6.07 Å². The first kappa shape index (κ1) is 16.2. The van der Waals surface area contributed by atoms with Crippen molar-refractivity contribution >= 4 is 17.3 Å². The quantitative estimate of drug-likeness (QED) is 0.583. The highest BCUT2D eigenvalue weighted by Crippen LogP contribution is 2.29. The average Bonchev–Trinajstić information content (AvgIpc) is 2.41. The predicted molar refractivity (Wildman–Crippen MR) is 82.4 cm³/mol. The average molecular weight is 280 g/mol. The fraction of sp³-hybridized carbons (Fsp3) is 0.643. The molecule has 0 bridgehead atoms. The van der Waals surface area contributed by atoms with E-state index in [0.29, 0.717) is 11.6 Å². The Balaban J connectivity index is 3.18. The minimum absolute atomic E-state index is 0.0641. The van der Waals surface area contributed by atoms with Gasteiger partial charge in [-0.2, -0.15) is 0 Å². The Hall–Kier alpha value is -1.85. The molecule has 1 aromatic heterocycles. The van der Waals surface area contributed by atoms with Crippen LogP contribution in [0.2, 0.25) is 0 Å². The molecule has 0 fully saturated rings. The number of aromatic nitrogens is 1. The number of pyridine rings is 1. The van der Waals surface area contributed by atoms with E-state index in [0.717, 1.165) is 25.9 Å². The number of hydrogen-bond donors (Lipinski definition) is 1. The second-order valence-corrected chi connectivity index (χ2v) is 5.01. The van der Waals surface area contributed by atoms with Crippen molar-refractivity contribution in [3.63, 3.8) is 0 Å². The van der Waals surface area contributed by atoms with Crippen LogP contribution in [0.25, 0.3) is 0 Å². The molecule has 0 aliphatic carbocycles. The monoisotopic (exact) mass is 280 g/mol. The molecule has 0 aliphatic heterocycles. The van der Waals surface area contributed by atoms with Gasteiger partial charge in [0.05, 0.1) is 4.92 Å². The molecule has 0 amide bonds. The van der Waals surface area contributed by atoms with Gasteiger partial charge in [-0.25, -0.2) is 4.98 Å². The third-order valence-corrected chi connectivity index (χ3v) is 2.97. The first-order valence-corrected chi connectivity index (χ1v) is 7.17. The molecule has 112 valence electrons. The standard InChI is InChI=1S/C14H24N4O2/c1-5-9-15-13-8-7-12(18(19)20)14(16-13)17(10-6-2)11(3)4/h7-8,11H,5-6,9-10H2,1-4H3,(H,15,16). The fourth-order valence-electron chi connectivity index (χ4n) is 2.00. The number of nitro groups is 1.